The van der Waals surface area contributed by atoms with Crippen molar-refractivity contribution in [1.29, 1.82) is 0 Å². The zero-order chi connectivity index (χ0) is 13.7. The van der Waals surface area contributed by atoms with Gasteiger partial charge in [-0.05, 0) is 49.9 Å². The molecular formula is C15H23ClN2O. The van der Waals surface area contributed by atoms with Gasteiger partial charge in [-0.15, -0.1) is 0 Å². The highest BCUT2D eigenvalue weighted by Crippen LogP contribution is 2.24. The molecule has 0 amide bonds. The van der Waals surface area contributed by atoms with Crippen LogP contribution in [0.2, 0.25) is 5.02 Å². The Morgan fingerprint density at radius 3 is 2.95 bits per heavy atom. The van der Waals surface area contributed by atoms with Crippen molar-refractivity contribution >= 4 is 11.6 Å². The summed E-state index contributed by atoms with van der Waals surface area (Å²) in [5, 5.41) is 9.98. The Kier molecular flexibility index (Phi) is 5.64. The van der Waals surface area contributed by atoms with Crippen LogP contribution >= 0.6 is 11.6 Å². The van der Waals surface area contributed by atoms with Gasteiger partial charge in [0.1, 0.15) is 0 Å². The van der Waals surface area contributed by atoms with Crippen LogP contribution in [0.4, 0.5) is 0 Å². The maximum Gasteiger partial charge on any atom is 0.0471 e. The number of halogens is 1. The summed E-state index contributed by atoms with van der Waals surface area (Å²) in [4.78, 5) is 2.40. The number of nitrogens with two attached hydrogens (primary N) is 1. The molecule has 2 atom stereocenters. The van der Waals surface area contributed by atoms with Crippen LogP contribution in [0.25, 0.3) is 0 Å². The lowest BCUT2D eigenvalue weighted by Crippen LogP contribution is -2.38. The number of hydrogen-bond donors (Lipinski definition) is 2. The van der Waals surface area contributed by atoms with Crippen LogP contribution in [0, 0.1) is 5.92 Å². The van der Waals surface area contributed by atoms with Gasteiger partial charge in [0.2, 0.25) is 0 Å². The Bertz CT molecular complexity index is 399. The fourth-order valence-corrected chi connectivity index (χ4v) is 3.03. The van der Waals surface area contributed by atoms with Crippen molar-refractivity contribution in [2.45, 2.75) is 25.3 Å². The number of hydrogen-bond acceptors (Lipinski definition) is 3. The van der Waals surface area contributed by atoms with Crippen LogP contribution in [0.3, 0.4) is 0 Å². The first kappa shape index (κ1) is 14.8. The molecule has 19 heavy (non-hydrogen) atoms. The molecule has 1 heterocycles. The number of rotatable bonds is 5. The highest BCUT2D eigenvalue weighted by atomic mass is 35.5. The third-order valence-corrected chi connectivity index (χ3v) is 4.27. The molecule has 1 aliphatic heterocycles. The van der Waals surface area contributed by atoms with Gasteiger partial charge in [0.15, 0.2) is 0 Å². The fourth-order valence-electron chi connectivity index (χ4n) is 2.76. The minimum absolute atomic E-state index is 0.0109. The van der Waals surface area contributed by atoms with Crippen LogP contribution < -0.4 is 5.73 Å². The molecule has 1 aromatic carbocycles. The lowest BCUT2D eigenvalue weighted by Gasteiger charge is -2.32. The van der Waals surface area contributed by atoms with E-state index in [-0.39, 0.29) is 6.04 Å². The molecule has 0 aliphatic carbocycles. The zero-order valence-corrected chi connectivity index (χ0v) is 12.0. The molecular weight excluding hydrogens is 260 g/mol. The fraction of sp³-hybridized carbons (Fsp3) is 0.600. The van der Waals surface area contributed by atoms with Crippen molar-refractivity contribution < 1.29 is 5.11 Å². The summed E-state index contributed by atoms with van der Waals surface area (Å²) in [5.74, 6) is 0.435. The SMILES string of the molecule is NC(CCN1CCCC(CO)C1)c1ccccc1Cl. The molecule has 0 bridgehead atoms. The second-order valence-corrected chi connectivity index (χ2v) is 5.82. The highest BCUT2D eigenvalue weighted by molar-refractivity contribution is 6.31. The van der Waals surface area contributed by atoms with E-state index in [1.165, 1.54) is 6.42 Å². The van der Waals surface area contributed by atoms with Crippen molar-refractivity contribution in [3.05, 3.63) is 34.9 Å². The molecule has 2 rings (SSSR count). The van der Waals surface area contributed by atoms with E-state index in [2.05, 4.69) is 4.90 Å². The van der Waals surface area contributed by atoms with E-state index in [4.69, 9.17) is 17.3 Å². The number of nitrogens with zero attached hydrogens (tertiary/aromatic N) is 1. The van der Waals surface area contributed by atoms with E-state index in [1.54, 1.807) is 0 Å². The molecule has 0 saturated carbocycles. The van der Waals surface area contributed by atoms with E-state index in [0.29, 0.717) is 12.5 Å². The van der Waals surface area contributed by atoms with E-state index >= 15 is 0 Å². The Morgan fingerprint density at radius 1 is 1.42 bits per heavy atom. The van der Waals surface area contributed by atoms with Crippen molar-refractivity contribution in [3.63, 3.8) is 0 Å². The topological polar surface area (TPSA) is 49.5 Å². The molecule has 3 nitrogen and oxygen atoms in total. The van der Waals surface area contributed by atoms with Crippen LogP contribution in [-0.4, -0.2) is 36.2 Å². The average Bonchev–Trinajstić information content (AvgIpc) is 2.45. The van der Waals surface area contributed by atoms with Crippen LogP contribution in [0.15, 0.2) is 24.3 Å². The lowest BCUT2D eigenvalue weighted by molar-refractivity contribution is 0.118. The maximum atomic E-state index is 9.23. The van der Waals surface area contributed by atoms with Gasteiger partial charge >= 0.3 is 0 Å². The molecule has 1 saturated heterocycles. The Labute approximate surface area is 120 Å². The van der Waals surface area contributed by atoms with Crippen LogP contribution in [0.5, 0.6) is 0 Å². The monoisotopic (exact) mass is 282 g/mol. The molecule has 1 aliphatic rings. The van der Waals surface area contributed by atoms with Gasteiger partial charge in [0.05, 0.1) is 0 Å². The molecule has 106 valence electrons. The zero-order valence-electron chi connectivity index (χ0n) is 11.3. The largest absolute Gasteiger partial charge is 0.396 e. The third kappa shape index (κ3) is 4.18. The first-order chi connectivity index (χ1) is 9.20. The number of piperidine rings is 1. The summed E-state index contributed by atoms with van der Waals surface area (Å²) < 4.78 is 0. The molecule has 1 fully saturated rings. The van der Waals surface area contributed by atoms with Crippen LogP contribution in [0.1, 0.15) is 30.9 Å². The first-order valence-corrected chi connectivity index (χ1v) is 7.41. The van der Waals surface area contributed by atoms with Crippen molar-refractivity contribution in [1.82, 2.24) is 4.90 Å². The number of aliphatic hydroxyl groups is 1. The van der Waals surface area contributed by atoms with Gasteiger partial charge in [-0.2, -0.15) is 0 Å². The quantitative estimate of drug-likeness (QED) is 0.872. The third-order valence-electron chi connectivity index (χ3n) is 3.92. The Morgan fingerprint density at radius 2 is 2.21 bits per heavy atom. The minimum Gasteiger partial charge on any atom is -0.396 e. The molecule has 3 N–H and O–H groups in total. The Hall–Kier alpha value is -0.610. The van der Waals surface area contributed by atoms with Gasteiger partial charge in [0.25, 0.3) is 0 Å². The normalized spacial score (nSPS) is 22.4. The van der Waals surface area contributed by atoms with Gasteiger partial charge < -0.3 is 15.7 Å². The summed E-state index contributed by atoms with van der Waals surface area (Å²) in [6.45, 7) is 3.38. The number of benzene rings is 1. The maximum absolute atomic E-state index is 9.23. The molecule has 0 radical (unpaired) electrons. The molecule has 1 aromatic rings. The van der Waals surface area contributed by atoms with E-state index in [9.17, 15) is 5.11 Å². The first-order valence-electron chi connectivity index (χ1n) is 7.04. The summed E-state index contributed by atoms with van der Waals surface area (Å²) in [7, 11) is 0. The lowest BCUT2D eigenvalue weighted by atomic mass is 9.98. The summed E-state index contributed by atoms with van der Waals surface area (Å²) in [6.07, 6.45) is 3.22. The molecule has 0 spiro atoms. The molecule has 0 aromatic heterocycles. The van der Waals surface area contributed by atoms with Gasteiger partial charge in [-0.25, -0.2) is 0 Å². The van der Waals surface area contributed by atoms with Gasteiger partial charge in [-0.1, -0.05) is 29.8 Å². The molecule has 4 heteroatoms. The summed E-state index contributed by atoms with van der Waals surface area (Å²) >= 11 is 6.16. The van der Waals surface area contributed by atoms with E-state index < -0.39 is 0 Å². The van der Waals surface area contributed by atoms with E-state index in [1.807, 2.05) is 24.3 Å². The van der Waals surface area contributed by atoms with E-state index in [0.717, 1.165) is 43.1 Å². The van der Waals surface area contributed by atoms with Gasteiger partial charge in [0, 0.05) is 24.2 Å². The standard InChI is InChI=1S/C15H23ClN2O/c16-14-6-2-1-5-13(14)15(17)7-9-18-8-3-4-12(10-18)11-19/h1-2,5-6,12,15,19H,3-4,7-11,17H2. The number of aliphatic hydroxyl groups excluding tert-OH is 1. The second kappa shape index (κ2) is 7.25. The summed E-state index contributed by atoms with van der Waals surface area (Å²) in [5.41, 5.74) is 7.25. The average molecular weight is 283 g/mol. The predicted octanol–water partition coefficient (Wildman–Crippen LogP) is 2.43. The van der Waals surface area contributed by atoms with Gasteiger partial charge in [-0.3, -0.25) is 0 Å². The number of likely N-dealkylation sites (tertiary alicyclic amines) is 1. The highest BCUT2D eigenvalue weighted by Gasteiger charge is 2.20. The van der Waals surface area contributed by atoms with Crippen molar-refractivity contribution in [2.75, 3.05) is 26.2 Å². The summed E-state index contributed by atoms with van der Waals surface area (Å²) in [6, 6.07) is 7.78. The minimum atomic E-state index is -0.0109. The van der Waals surface area contributed by atoms with Crippen molar-refractivity contribution in [3.8, 4) is 0 Å². The van der Waals surface area contributed by atoms with Crippen LogP contribution in [-0.2, 0) is 0 Å². The van der Waals surface area contributed by atoms with Crippen molar-refractivity contribution in [2.24, 2.45) is 11.7 Å². The predicted molar refractivity (Wildman–Crippen MR) is 79.2 cm³/mol. The second-order valence-electron chi connectivity index (χ2n) is 5.41. The molecule has 2 unspecified atom stereocenters. The smallest absolute Gasteiger partial charge is 0.0471 e. The Balaban J connectivity index is 1.83.